The summed E-state index contributed by atoms with van der Waals surface area (Å²) in [5.41, 5.74) is 11.8. The van der Waals surface area contributed by atoms with Crippen molar-refractivity contribution in [1.82, 2.24) is 20.2 Å². The van der Waals surface area contributed by atoms with Crippen molar-refractivity contribution in [3.05, 3.63) is 112 Å². The molecule has 246 valence electrons. The summed E-state index contributed by atoms with van der Waals surface area (Å²) in [6, 6.07) is 15.8. The van der Waals surface area contributed by atoms with Crippen LogP contribution in [0.2, 0.25) is 0 Å². The van der Waals surface area contributed by atoms with Crippen LogP contribution in [0.1, 0.15) is 71.5 Å². The Morgan fingerprint density at radius 1 is 0.979 bits per heavy atom. The number of benzene rings is 2. The molecule has 0 atom stereocenters. The Balaban J connectivity index is 1.37. The maximum Gasteiger partial charge on any atom is 0.307 e. The van der Waals surface area contributed by atoms with E-state index in [1.54, 1.807) is 24.5 Å². The Morgan fingerprint density at radius 2 is 1.74 bits per heavy atom. The number of fused-ring (bicyclic) bond motifs is 1. The number of rotatable bonds is 10. The highest BCUT2D eigenvalue weighted by Crippen LogP contribution is 2.42. The first-order chi connectivity index (χ1) is 22.6. The quantitative estimate of drug-likeness (QED) is 0.194. The van der Waals surface area contributed by atoms with E-state index in [4.69, 9.17) is 4.98 Å². The fourth-order valence-electron chi connectivity index (χ4n) is 7.07. The minimum atomic E-state index is -0.843. The summed E-state index contributed by atoms with van der Waals surface area (Å²) in [5.74, 6) is -1.04. The molecule has 7 nitrogen and oxygen atoms in total. The van der Waals surface area contributed by atoms with Crippen LogP contribution in [0, 0.1) is 25.1 Å². The zero-order valence-electron chi connectivity index (χ0n) is 28.1. The molecule has 0 amide bonds. The lowest BCUT2D eigenvalue weighted by Gasteiger charge is -2.40. The molecular formula is C39H46FN5O2. The average Bonchev–Trinajstić information content (AvgIpc) is 3.04. The molecule has 2 N–H and O–H groups in total. The maximum atomic E-state index is 13.7. The smallest absolute Gasteiger partial charge is 0.307 e. The molecule has 0 saturated carbocycles. The molecule has 8 heteroatoms. The van der Waals surface area contributed by atoms with Crippen molar-refractivity contribution >= 4 is 11.7 Å². The van der Waals surface area contributed by atoms with Gasteiger partial charge in [0, 0.05) is 75.0 Å². The van der Waals surface area contributed by atoms with Crippen LogP contribution in [0.5, 0.6) is 0 Å². The Morgan fingerprint density at radius 3 is 2.47 bits per heavy atom. The summed E-state index contributed by atoms with van der Waals surface area (Å²) in [6.07, 6.45) is 6.54. The number of nitrogens with zero attached hydrogens (tertiary/aromatic N) is 4. The average molecular weight is 636 g/mol. The largest absolute Gasteiger partial charge is 0.481 e. The van der Waals surface area contributed by atoms with Crippen molar-refractivity contribution in [2.45, 2.75) is 79.6 Å². The molecule has 4 aromatic rings. The molecule has 6 rings (SSSR count). The predicted molar refractivity (Wildman–Crippen MR) is 185 cm³/mol. The van der Waals surface area contributed by atoms with Gasteiger partial charge >= 0.3 is 5.97 Å². The van der Waals surface area contributed by atoms with Crippen LogP contribution in [-0.2, 0) is 43.8 Å². The number of carbonyl (C=O) groups is 1. The van der Waals surface area contributed by atoms with Gasteiger partial charge in [-0.2, -0.15) is 0 Å². The Kier molecular flexibility index (Phi) is 9.71. The van der Waals surface area contributed by atoms with Gasteiger partial charge in [-0.3, -0.25) is 19.7 Å². The summed E-state index contributed by atoms with van der Waals surface area (Å²) in [5, 5.41) is 13.6. The fraction of sp³-hybridized carbons (Fsp3) is 0.410. The zero-order chi connectivity index (χ0) is 33.1. The number of carboxylic acids is 1. The van der Waals surface area contributed by atoms with Crippen molar-refractivity contribution in [3.63, 3.8) is 0 Å². The van der Waals surface area contributed by atoms with Gasteiger partial charge in [0.1, 0.15) is 5.82 Å². The van der Waals surface area contributed by atoms with Gasteiger partial charge in [0.05, 0.1) is 17.8 Å². The van der Waals surface area contributed by atoms with Crippen LogP contribution in [0.15, 0.2) is 60.9 Å². The number of anilines is 1. The van der Waals surface area contributed by atoms with E-state index in [2.05, 4.69) is 52.1 Å². The number of aromatic nitrogens is 2. The Hall–Kier alpha value is -4.14. The second kappa shape index (κ2) is 13.9. The van der Waals surface area contributed by atoms with Gasteiger partial charge in [0.2, 0.25) is 0 Å². The highest BCUT2D eigenvalue weighted by molar-refractivity contribution is 5.87. The van der Waals surface area contributed by atoms with Crippen molar-refractivity contribution in [2.75, 3.05) is 24.5 Å². The van der Waals surface area contributed by atoms with E-state index in [0.29, 0.717) is 13.1 Å². The lowest BCUT2D eigenvalue weighted by Crippen LogP contribution is -2.38. The van der Waals surface area contributed by atoms with Gasteiger partial charge < -0.3 is 15.3 Å². The maximum absolute atomic E-state index is 13.7. The first-order valence-corrected chi connectivity index (χ1v) is 16.7. The molecule has 0 aliphatic carbocycles. The highest BCUT2D eigenvalue weighted by atomic mass is 19.1. The molecule has 1 fully saturated rings. The van der Waals surface area contributed by atoms with Crippen molar-refractivity contribution in [3.8, 4) is 11.1 Å². The third-order valence-corrected chi connectivity index (χ3v) is 9.97. The summed E-state index contributed by atoms with van der Waals surface area (Å²) >= 11 is 0. The molecule has 4 heterocycles. The lowest BCUT2D eigenvalue weighted by atomic mass is 9.81. The van der Waals surface area contributed by atoms with E-state index < -0.39 is 5.97 Å². The second-order valence-corrected chi connectivity index (χ2v) is 14.0. The number of aliphatic carboxylic acids is 1. The van der Waals surface area contributed by atoms with E-state index in [-0.39, 0.29) is 17.7 Å². The van der Waals surface area contributed by atoms with Crippen molar-refractivity contribution < 1.29 is 14.3 Å². The topological polar surface area (TPSA) is 81.6 Å². The Bertz CT molecular complexity index is 1750. The zero-order valence-corrected chi connectivity index (χ0v) is 28.1. The first kappa shape index (κ1) is 32.8. The van der Waals surface area contributed by atoms with Gasteiger partial charge in [0.15, 0.2) is 0 Å². The molecule has 2 aromatic heterocycles. The summed E-state index contributed by atoms with van der Waals surface area (Å²) in [7, 11) is 0. The van der Waals surface area contributed by atoms with E-state index in [9.17, 15) is 14.3 Å². The molecule has 2 aromatic carbocycles. The Labute approximate surface area is 277 Å². The molecule has 47 heavy (non-hydrogen) atoms. The van der Waals surface area contributed by atoms with Crippen LogP contribution in [-0.4, -0.2) is 45.6 Å². The van der Waals surface area contributed by atoms with E-state index in [1.807, 2.05) is 32.0 Å². The number of aryl methyl sites for hydroxylation is 2. The van der Waals surface area contributed by atoms with Crippen LogP contribution < -0.4 is 10.2 Å². The summed E-state index contributed by atoms with van der Waals surface area (Å²) < 4.78 is 13.7. The predicted octanol–water partition coefficient (Wildman–Crippen LogP) is 7.00. The van der Waals surface area contributed by atoms with E-state index in [1.165, 1.54) is 11.1 Å². The monoisotopic (exact) mass is 635 g/mol. The third kappa shape index (κ3) is 7.71. The van der Waals surface area contributed by atoms with Gasteiger partial charge in [-0.1, -0.05) is 38.1 Å². The normalized spacial score (nSPS) is 16.2. The minimum Gasteiger partial charge on any atom is -0.481 e. The first-order valence-electron chi connectivity index (χ1n) is 16.7. The fourth-order valence-corrected chi connectivity index (χ4v) is 7.07. The molecule has 0 spiro atoms. The van der Waals surface area contributed by atoms with Gasteiger partial charge in [-0.05, 0) is 96.2 Å². The van der Waals surface area contributed by atoms with Crippen molar-refractivity contribution in [2.24, 2.45) is 5.41 Å². The number of hydrogen-bond donors (Lipinski definition) is 2. The molecular weight excluding hydrogens is 589 g/mol. The van der Waals surface area contributed by atoms with Crippen LogP contribution in [0.3, 0.4) is 0 Å². The number of hydrogen-bond acceptors (Lipinski definition) is 6. The highest BCUT2D eigenvalue weighted by Gasteiger charge is 2.31. The van der Waals surface area contributed by atoms with Gasteiger partial charge in [-0.25, -0.2) is 4.39 Å². The van der Waals surface area contributed by atoms with Crippen LogP contribution in [0.4, 0.5) is 10.1 Å². The number of halogens is 1. The molecule has 0 unspecified atom stereocenters. The molecule has 1 saturated heterocycles. The second-order valence-electron chi connectivity index (χ2n) is 14.0. The van der Waals surface area contributed by atoms with Crippen LogP contribution >= 0.6 is 0 Å². The van der Waals surface area contributed by atoms with E-state index >= 15 is 0 Å². The minimum absolute atomic E-state index is 0.0610. The van der Waals surface area contributed by atoms with Crippen LogP contribution in [0.25, 0.3) is 11.1 Å². The number of pyridine rings is 2. The van der Waals surface area contributed by atoms with E-state index in [0.717, 1.165) is 102 Å². The number of carboxylic acid groups (broad SMARTS) is 1. The molecule has 0 bridgehead atoms. The molecule has 2 aliphatic heterocycles. The van der Waals surface area contributed by atoms with Crippen molar-refractivity contribution in [1.29, 1.82) is 0 Å². The SMILES string of the molecule is Cc1cc(F)ccc1CN1CCc2cc(-c3c(CNCc4ccncc4)nc(C)c(CC(=O)O)c3N3CCC(C)(C)CC3)ccc2C1. The number of nitrogens with one attached hydrogen (secondary N) is 1. The number of piperidine rings is 1. The third-order valence-electron chi connectivity index (χ3n) is 9.97. The summed E-state index contributed by atoms with van der Waals surface area (Å²) in [4.78, 5) is 26.3. The summed E-state index contributed by atoms with van der Waals surface area (Å²) in [6.45, 7) is 14.1. The van der Waals surface area contributed by atoms with Gasteiger partial charge in [-0.15, -0.1) is 0 Å². The van der Waals surface area contributed by atoms with Gasteiger partial charge in [0.25, 0.3) is 0 Å². The standard InChI is InChI=1S/C39H46FN5O2/c1-26-19-33(40)8-7-31(26)24-44-16-11-29-20-30(5-6-32(29)25-44)37-35(23-42-22-28-9-14-41-15-10-28)43-27(2)34(21-36(46)47)38(37)45-17-12-39(3,4)13-18-45/h5-10,14-15,19-20,42H,11-13,16-18,21-25H2,1-4H3,(H,46,47). The lowest BCUT2D eigenvalue weighted by molar-refractivity contribution is -0.136. The molecule has 0 radical (unpaired) electrons. The molecule has 2 aliphatic rings.